The van der Waals surface area contributed by atoms with Gasteiger partial charge in [0.25, 0.3) is 0 Å². The van der Waals surface area contributed by atoms with Crippen LogP contribution >= 0.6 is 18.9 Å². The van der Waals surface area contributed by atoms with Gasteiger partial charge in [-0.1, -0.05) is 11.3 Å². The van der Waals surface area contributed by atoms with Gasteiger partial charge in [0.05, 0.1) is 0 Å². The third-order valence-corrected chi connectivity index (χ3v) is 6.12. The summed E-state index contributed by atoms with van der Waals surface area (Å²) in [4.78, 5) is 0. The van der Waals surface area contributed by atoms with E-state index in [1.807, 2.05) is 16.3 Å². The Morgan fingerprint density at radius 1 is 1.27 bits per heavy atom. The molecule has 1 aromatic rings. The standard InChI is InChI=1S/C7H12N5OPS/c1-6-8-9-7(15-6)10-14(13,11-2-3-11)12-4-5-12/h2-5H2,1H3,(H,9,10,13). The van der Waals surface area contributed by atoms with E-state index < -0.39 is 7.59 Å². The highest BCUT2D eigenvalue weighted by Crippen LogP contribution is 2.59. The first-order valence-corrected chi connectivity index (χ1v) is 7.31. The average molecular weight is 245 g/mol. The number of nitrogens with one attached hydrogen (secondary N) is 1. The van der Waals surface area contributed by atoms with E-state index in [-0.39, 0.29) is 0 Å². The van der Waals surface area contributed by atoms with Crippen LogP contribution in [-0.2, 0) is 4.57 Å². The van der Waals surface area contributed by atoms with E-state index >= 15 is 0 Å². The minimum atomic E-state index is -2.53. The van der Waals surface area contributed by atoms with Crippen molar-refractivity contribution in [2.45, 2.75) is 6.92 Å². The largest absolute Gasteiger partial charge is 0.310 e. The van der Waals surface area contributed by atoms with Crippen LogP contribution in [-0.4, -0.2) is 45.7 Å². The Bertz CT molecular complexity index is 411. The van der Waals surface area contributed by atoms with Crippen molar-refractivity contribution < 1.29 is 4.57 Å². The highest BCUT2D eigenvalue weighted by Gasteiger charge is 2.48. The third-order valence-electron chi connectivity index (χ3n) is 2.38. The van der Waals surface area contributed by atoms with Gasteiger partial charge in [0.15, 0.2) is 0 Å². The fourth-order valence-electron chi connectivity index (χ4n) is 1.42. The smallest absolute Gasteiger partial charge is 0.287 e. The van der Waals surface area contributed by atoms with Crippen molar-refractivity contribution >= 4 is 24.1 Å². The minimum Gasteiger partial charge on any atom is -0.287 e. The number of rotatable bonds is 4. The van der Waals surface area contributed by atoms with Gasteiger partial charge in [-0.05, 0) is 6.92 Å². The molecule has 3 rings (SSSR count). The molecule has 82 valence electrons. The molecule has 2 saturated heterocycles. The van der Waals surface area contributed by atoms with E-state index in [1.165, 1.54) is 11.3 Å². The molecule has 0 bridgehead atoms. The number of aromatic nitrogens is 2. The first-order chi connectivity index (χ1) is 7.18. The summed E-state index contributed by atoms with van der Waals surface area (Å²) in [6.45, 7) is 5.55. The van der Waals surface area contributed by atoms with Crippen molar-refractivity contribution in [3.63, 3.8) is 0 Å². The number of aryl methyl sites for hydroxylation is 1. The van der Waals surface area contributed by atoms with Crippen LogP contribution in [0.3, 0.4) is 0 Å². The second kappa shape index (κ2) is 3.25. The van der Waals surface area contributed by atoms with Crippen LogP contribution in [0.5, 0.6) is 0 Å². The maximum absolute atomic E-state index is 12.6. The summed E-state index contributed by atoms with van der Waals surface area (Å²) in [5.74, 6) is 0. The lowest BCUT2D eigenvalue weighted by Crippen LogP contribution is -2.12. The second-order valence-electron chi connectivity index (χ2n) is 3.69. The quantitative estimate of drug-likeness (QED) is 0.630. The summed E-state index contributed by atoms with van der Waals surface area (Å²) in [6, 6.07) is 0. The van der Waals surface area contributed by atoms with Gasteiger partial charge >= 0.3 is 7.59 Å². The molecule has 3 heterocycles. The van der Waals surface area contributed by atoms with Gasteiger partial charge in [-0.15, -0.1) is 10.2 Å². The zero-order valence-corrected chi connectivity index (χ0v) is 10.1. The van der Waals surface area contributed by atoms with E-state index in [9.17, 15) is 4.57 Å². The van der Waals surface area contributed by atoms with Crippen LogP contribution in [0.1, 0.15) is 5.01 Å². The normalized spacial score (nSPS) is 21.7. The van der Waals surface area contributed by atoms with Crippen LogP contribution in [0.2, 0.25) is 0 Å². The van der Waals surface area contributed by atoms with Crippen molar-refractivity contribution in [3.8, 4) is 0 Å². The summed E-state index contributed by atoms with van der Waals surface area (Å²) in [7, 11) is -2.53. The first-order valence-electron chi connectivity index (χ1n) is 4.88. The van der Waals surface area contributed by atoms with Crippen molar-refractivity contribution in [1.29, 1.82) is 0 Å². The zero-order chi connectivity index (χ0) is 10.5. The third kappa shape index (κ3) is 1.80. The summed E-state index contributed by atoms with van der Waals surface area (Å²) in [6.07, 6.45) is 0. The van der Waals surface area contributed by atoms with Crippen LogP contribution in [0.15, 0.2) is 0 Å². The highest BCUT2D eigenvalue weighted by molar-refractivity contribution is 7.61. The Labute approximate surface area is 91.8 Å². The van der Waals surface area contributed by atoms with E-state index in [4.69, 9.17) is 0 Å². The molecule has 0 aromatic carbocycles. The predicted molar refractivity (Wildman–Crippen MR) is 59.0 cm³/mol. The minimum absolute atomic E-state index is 0.662. The van der Waals surface area contributed by atoms with Crippen molar-refractivity contribution in [2.24, 2.45) is 0 Å². The van der Waals surface area contributed by atoms with E-state index in [2.05, 4.69) is 15.3 Å². The lowest BCUT2D eigenvalue weighted by molar-refractivity contribution is 0.524. The molecule has 0 radical (unpaired) electrons. The monoisotopic (exact) mass is 245 g/mol. The Kier molecular flexibility index (Phi) is 2.10. The van der Waals surface area contributed by atoms with E-state index in [1.54, 1.807) is 0 Å². The molecule has 0 unspecified atom stereocenters. The predicted octanol–water partition coefficient (Wildman–Crippen LogP) is 0.998. The Balaban J connectivity index is 1.81. The number of anilines is 1. The maximum Gasteiger partial charge on any atom is 0.310 e. The molecule has 8 heteroatoms. The van der Waals surface area contributed by atoms with E-state index in [0.717, 1.165) is 31.2 Å². The molecule has 0 spiro atoms. The van der Waals surface area contributed by atoms with Gasteiger partial charge < -0.3 is 0 Å². The molecule has 2 fully saturated rings. The molecular weight excluding hydrogens is 233 g/mol. The molecule has 0 amide bonds. The lowest BCUT2D eigenvalue weighted by Gasteiger charge is -2.19. The first kappa shape index (κ1) is 9.72. The second-order valence-corrected chi connectivity index (χ2v) is 7.31. The van der Waals surface area contributed by atoms with Crippen LogP contribution in [0.4, 0.5) is 5.13 Å². The Hall–Kier alpha value is -0.490. The fraction of sp³-hybridized carbons (Fsp3) is 0.714. The average Bonchev–Trinajstić information content (AvgIpc) is 3.05. The Morgan fingerprint density at radius 2 is 1.87 bits per heavy atom. The SMILES string of the molecule is Cc1nnc(NP(=O)(N2CC2)N2CC2)s1. The summed E-state index contributed by atoms with van der Waals surface area (Å²) in [5.41, 5.74) is 0. The molecule has 0 atom stereocenters. The topological polar surface area (TPSA) is 60.9 Å². The zero-order valence-electron chi connectivity index (χ0n) is 8.38. The molecule has 0 aliphatic carbocycles. The molecule has 15 heavy (non-hydrogen) atoms. The molecule has 2 aliphatic rings. The Morgan fingerprint density at radius 3 is 2.27 bits per heavy atom. The van der Waals surface area contributed by atoms with Gasteiger partial charge in [-0.3, -0.25) is 9.65 Å². The highest BCUT2D eigenvalue weighted by atomic mass is 32.1. The maximum atomic E-state index is 12.6. The number of hydrogen-bond donors (Lipinski definition) is 1. The van der Waals surface area contributed by atoms with Gasteiger partial charge in [0.2, 0.25) is 5.13 Å². The summed E-state index contributed by atoms with van der Waals surface area (Å²) < 4.78 is 16.5. The summed E-state index contributed by atoms with van der Waals surface area (Å²) in [5, 5.41) is 12.5. The summed E-state index contributed by atoms with van der Waals surface area (Å²) >= 11 is 1.45. The molecular formula is C7H12N5OPS. The van der Waals surface area contributed by atoms with Crippen LogP contribution in [0.25, 0.3) is 0 Å². The van der Waals surface area contributed by atoms with Gasteiger partial charge in [0, 0.05) is 26.2 Å². The molecule has 0 saturated carbocycles. The molecule has 2 aliphatic heterocycles. The molecule has 1 aromatic heterocycles. The van der Waals surface area contributed by atoms with E-state index in [0.29, 0.717) is 5.13 Å². The van der Waals surface area contributed by atoms with Crippen molar-refractivity contribution in [1.82, 2.24) is 19.5 Å². The fourth-order valence-corrected chi connectivity index (χ4v) is 4.60. The van der Waals surface area contributed by atoms with Crippen molar-refractivity contribution in [3.05, 3.63) is 5.01 Å². The van der Waals surface area contributed by atoms with Gasteiger partial charge in [-0.25, -0.2) is 9.34 Å². The number of hydrogen-bond acceptors (Lipinski definition) is 4. The number of nitrogens with zero attached hydrogens (tertiary/aromatic N) is 4. The van der Waals surface area contributed by atoms with Gasteiger partial charge in [-0.2, -0.15) is 0 Å². The van der Waals surface area contributed by atoms with Crippen LogP contribution in [0, 0.1) is 6.92 Å². The van der Waals surface area contributed by atoms with Crippen molar-refractivity contribution in [2.75, 3.05) is 31.3 Å². The van der Waals surface area contributed by atoms with Crippen LogP contribution < -0.4 is 5.09 Å². The lowest BCUT2D eigenvalue weighted by atomic mass is 10.9. The van der Waals surface area contributed by atoms with Gasteiger partial charge in [0.1, 0.15) is 5.01 Å². The molecule has 6 nitrogen and oxygen atoms in total. The molecule has 1 N–H and O–H groups in total.